The highest BCUT2D eigenvalue weighted by atomic mass is 35.5. The van der Waals surface area contributed by atoms with Gasteiger partial charge in [0.15, 0.2) is 0 Å². The van der Waals surface area contributed by atoms with Gasteiger partial charge in [0.25, 0.3) is 17.7 Å². The van der Waals surface area contributed by atoms with Crippen molar-refractivity contribution in [1.29, 1.82) is 0 Å². The normalized spacial score (nSPS) is 15.9. The lowest BCUT2D eigenvalue weighted by Gasteiger charge is -2.14. The Balaban J connectivity index is 1.32. The number of carbonyl (C=O) groups excluding carboxylic acids is 3. The number of likely N-dealkylation sites (tertiary alicyclic amines) is 1. The fourth-order valence-corrected chi connectivity index (χ4v) is 5.44. The summed E-state index contributed by atoms with van der Waals surface area (Å²) in [7, 11) is 0. The number of hydrogen-bond donors (Lipinski definition) is 4. The summed E-state index contributed by atoms with van der Waals surface area (Å²) in [6.07, 6.45) is 4.18. The zero-order chi connectivity index (χ0) is 27.5. The van der Waals surface area contributed by atoms with Crippen LogP contribution in [-0.2, 0) is 11.3 Å². The molecule has 1 saturated heterocycles. The number of halogens is 1. The maximum absolute atomic E-state index is 13.0. The molecule has 3 aromatic rings. The van der Waals surface area contributed by atoms with Crippen LogP contribution in [0.15, 0.2) is 42.5 Å². The van der Waals surface area contributed by atoms with E-state index >= 15 is 0 Å². The summed E-state index contributed by atoms with van der Waals surface area (Å²) < 4.78 is 0. The van der Waals surface area contributed by atoms with Crippen LogP contribution < -0.4 is 16.0 Å². The van der Waals surface area contributed by atoms with Gasteiger partial charge in [0.05, 0.1) is 11.1 Å². The number of amides is 3. The van der Waals surface area contributed by atoms with Gasteiger partial charge in [-0.2, -0.15) is 0 Å². The van der Waals surface area contributed by atoms with Gasteiger partial charge >= 0.3 is 0 Å². The van der Waals surface area contributed by atoms with E-state index in [9.17, 15) is 14.4 Å². The number of hydrogen-bond acceptors (Lipinski definition) is 4. The minimum Gasteiger partial charge on any atom is -0.358 e. The molecule has 39 heavy (non-hydrogen) atoms. The van der Waals surface area contributed by atoms with Gasteiger partial charge in [-0.3, -0.25) is 14.4 Å². The zero-order valence-corrected chi connectivity index (χ0v) is 22.9. The first-order valence-electron chi connectivity index (χ1n) is 13.2. The number of aromatic nitrogens is 1. The first-order valence-corrected chi connectivity index (χ1v) is 13.6. The van der Waals surface area contributed by atoms with Crippen LogP contribution in [-0.4, -0.2) is 53.8 Å². The van der Waals surface area contributed by atoms with Gasteiger partial charge in [-0.15, -0.1) is 0 Å². The van der Waals surface area contributed by atoms with Gasteiger partial charge in [0.2, 0.25) is 0 Å². The molecule has 0 radical (unpaired) electrons. The van der Waals surface area contributed by atoms with E-state index in [-0.39, 0.29) is 17.7 Å². The van der Waals surface area contributed by atoms with Crippen molar-refractivity contribution in [3.8, 4) is 0 Å². The third-order valence-electron chi connectivity index (χ3n) is 7.31. The van der Waals surface area contributed by atoms with Gasteiger partial charge in [-0.05, 0) is 87.3 Å². The van der Waals surface area contributed by atoms with E-state index in [0.29, 0.717) is 51.8 Å². The molecule has 0 unspecified atom stereocenters. The Labute approximate surface area is 232 Å². The van der Waals surface area contributed by atoms with Crippen molar-refractivity contribution in [1.82, 2.24) is 20.5 Å². The first-order chi connectivity index (χ1) is 18.8. The zero-order valence-electron chi connectivity index (χ0n) is 22.1. The number of anilines is 1. The molecule has 202 valence electrons. The van der Waals surface area contributed by atoms with Crippen LogP contribution in [0.3, 0.4) is 0 Å². The predicted octanol–water partition coefficient (Wildman–Crippen LogP) is 4.53. The number of carbonyl (C=O) groups is 3. The highest BCUT2D eigenvalue weighted by molar-refractivity contribution is 6.35. The quantitative estimate of drug-likeness (QED) is 0.312. The highest BCUT2D eigenvalue weighted by Gasteiger charge is 2.27. The van der Waals surface area contributed by atoms with Crippen LogP contribution in [0, 0.1) is 13.8 Å². The first kappa shape index (κ1) is 26.7. The lowest BCUT2D eigenvalue weighted by molar-refractivity contribution is -0.110. The molecule has 0 aliphatic carbocycles. The van der Waals surface area contributed by atoms with Crippen molar-refractivity contribution in [2.75, 3.05) is 31.5 Å². The van der Waals surface area contributed by atoms with Gasteiger partial charge in [-0.1, -0.05) is 23.7 Å². The van der Waals surface area contributed by atoms with E-state index in [1.807, 2.05) is 26.0 Å². The molecular formula is C30H32ClN5O3. The molecular weight excluding hydrogens is 514 g/mol. The Bertz CT molecular complexity index is 1470. The summed E-state index contributed by atoms with van der Waals surface area (Å²) in [5.74, 6) is -0.638. The number of rotatable bonds is 8. The largest absolute Gasteiger partial charge is 0.358 e. The minimum atomic E-state index is -0.259. The smallest absolute Gasteiger partial charge is 0.256 e. The maximum atomic E-state index is 13.0. The molecule has 0 spiro atoms. The molecule has 1 aromatic heterocycles. The lowest BCUT2D eigenvalue weighted by Crippen LogP contribution is -2.33. The Morgan fingerprint density at radius 2 is 1.85 bits per heavy atom. The molecule has 3 heterocycles. The molecule has 2 aromatic carbocycles. The number of H-pyrrole nitrogens is 1. The van der Waals surface area contributed by atoms with Crippen LogP contribution in [0.25, 0.3) is 11.6 Å². The topological polar surface area (TPSA) is 106 Å². The Hall–Kier alpha value is -3.88. The number of aryl methyl sites for hydroxylation is 1. The van der Waals surface area contributed by atoms with Gasteiger partial charge < -0.3 is 25.8 Å². The van der Waals surface area contributed by atoms with Crippen molar-refractivity contribution in [3.63, 3.8) is 0 Å². The Kier molecular flexibility index (Phi) is 7.86. The molecule has 5 rings (SSSR count). The predicted molar refractivity (Wildman–Crippen MR) is 154 cm³/mol. The monoisotopic (exact) mass is 545 g/mol. The maximum Gasteiger partial charge on any atom is 0.256 e. The molecule has 2 aliphatic rings. The van der Waals surface area contributed by atoms with E-state index in [0.717, 1.165) is 36.5 Å². The molecule has 8 nitrogen and oxygen atoms in total. The van der Waals surface area contributed by atoms with Crippen molar-refractivity contribution >= 4 is 46.7 Å². The second kappa shape index (κ2) is 11.5. The Morgan fingerprint density at radius 1 is 1.05 bits per heavy atom. The van der Waals surface area contributed by atoms with Crippen LogP contribution in [0.1, 0.15) is 61.6 Å². The number of nitrogens with one attached hydrogen (secondary N) is 4. The minimum absolute atomic E-state index is 0.125. The molecule has 0 bridgehead atoms. The van der Waals surface area contributed by atoms with Crippen molar-refractivity contribution in [2.24, 2.45) is 0 Å². The number of nitrogens with zero attached hydrogens (tertiary/aromatic N) is 1. The Morgan fingerprint density at radius 3 is 2.62 bits per heavy atom. The molecule has 0 atom stereocenters. The average Bonchev–Trinajstić information content (AvgIpc) is 3.61. The van der Waals surface area contributed by atoms with E-state index in [4.69, 9.17) is 11.6 Å². The van der Waals surface area contributed by atoms with Crippen LogP contribution in [0.4, 0.5) is 5.69 Å². The van der Waals surface area contributed by atoms with Crippen LogP contribution in [0.5, 0.6) is 0 Å². The second-order valence-electron chi connectivity index (χ2n) is 10.1. The number of aromatic amines is 1. The SMILES string of the molecule is Cc1[nH]c(/C=C2\C(=O)Nc3ccc(C(=O)NCc4cccc(Cl)c4)cc32)c(C)c1C(=O)NCCN1CCCC1. The third kappa shape index (κ3) is 5.92. The molecule has 0 saturated carbocycles. The van der Waals surface area contributed by atoms with Gasteiger partial charge in [-0.25, -0.2) is 0 Å². The second-order valence-corrected chi connectivity index (χ2v) is 10.5. The van der Waals surface area contributed by atoms with Crippen LogP contribution in [0.2, 0.25) is 5.02 Å². The summed E-state index contributed by atoms with van der Waals surface area (Å²) in [5.41, 5.74) is 5.83. The molecule has 9 heteroatoms. The fraction of sp³-hybridized carbons (Fsp3) is 0.300. The van der Waals surface area contributed by atoms with Crippen molar-refractivity contribution in [2.45, 2.75) is 33.2 Å². The van der Waals surface area contributed by atoms with Crippen molar-refractivity contribution in [3.05, 3.63) is 86.7 Å². The summed E-state index contributed by atoms with van der Waals surface area (Å²) in [6, 6.07) is 12.4. The van der Waals surface area contributed by atoms with Gasteiger partial charge in [0, 0.05) is 52.9 Å². The van der Waals surface area contributed by atoms with Gasteiger partial charge in [0.1, 0.15) is 0 Å². The number of fused-ring (bicyclic) bond motifs is 1. The lowest BCUT2D eigenvalue weighted by atomic mass is 10.0. The van der Waals surface area contributed by atoms with E-state index in [2.05, 4.69) is 25.8 Å². The average molecular weight is 546 g/mol. The van der Waals surface area contributed by atoms with Crippen molar-refractivity contribution < 1.29 is 14.4 Å². The molecule has 3 amide bonds. The standard InChI is InChI=1S/C30H32ClN5O3/c1-18-26(34-19(2)27(18)30(39)32-10-13-36-11-3-4-12-36)16-24-23-15-21(8-9-25(23)35-29(24)38)28(37)33-17-20-6-5-7-22(31)14-20/h5-9,14-16,34H,3-4,10-13,17H2,1-2H3,(H,32,39)(H,33,37)(H,35,38)/b24-16-. The summed E-state index contributed by atoms with van der Waals surface area (Å²) in [6.45, 7) is 7.68. The third-order valence-corrected chi connectivity index (χ3v) is 7.55. The van der Waals surface area contributed by atoms with Crippen LogP contribution >= 0.6 is 11.6 Å². The van der Waals surface area contributed by atoms with E-state index in [1.165, 1.54) is 12.8 Å². The molecule has 4 N–H and O–H groups in total. The van der Waals surface area contributed by atoms with E-state index in [1.54, 1.807) is 36.4 Å². The van der Waals surface area contributed by atoms with E-state index < -0.39 is 0 Å². The highest BCUT2D eigenvalue weighted by Crippen LogP contribution is 2.34. The summed E-state index contributed by atoms with van der Waals surface area (Å²) >= 11 is 6.04. The number of benzene rings is 2. The molecule has 2 aliphatic heterocycles. The fourth-order valence-electron chi connectivity index (χ4n) is 5.23. The summed E-state index contributed by atoms with van der Waals surface area (Å²) in [4.78, 5) is 44.3. The molecule has 1 fully saturated rings. The summed E-state index contributed by atoms with van der Waals surface area (Å²) in [5, 5.41) is 9.41.